The van der Waals surface area contributed by atoms with Crippen molar-refractivity contribution in [3.05, 3.63) is 90.5 Å². The predicted molar refractivity (Wildman–Crippen MR) is 158 cm³/mol. The van der Waals surface area contributed by atoms with E-state index >= 15 is 0 Å². The Morgan fingerprint density at radius 1 is 0.900 bits per heavy atom. The van der Waals surface area contributed by atoms with Crippen molar-refractivity contribution in [2.45, 2.75) is 50.5 Å². The van der Waals surface area contributed by atoms with E-state index in [2.05, 4.69) is 5.32 Å². The van der Waals surface area contributed by atoms with Crippen LogP contribution in [0, 0.1) is 0 Å². The molecule has 3 aromatic carbocycles. The summed E-state index contributed by atoms with van der Waals surface area (Å²) in [6.07, 6.45) is 2.70. The van der Waals surface area contributed by atoms with Crippen LogP contribution in [0.15, 0.2) is 89.8 Å². The van der Waals surface area contributed by atoms with E-state index in [0.717, 1.165) is 22.7 Å². The number of sulfonamides is 1. The van der Waals surface area contributed by atoms with Crippen molar-refractivity contribution in [3.8, 4) is 5.75 Å². The van der Waals surface area contributed by atoms with E-state index in [9.17, 15) is 18.0 Å². The molecule has 0 bridgehead atoms. The minimum atomic E-state index is -4.12. The van der Waals surface area contributed by atoms with Gasteiger partial charge in [-0.15, -0.1) is 0 Å². The molecule has 0 aliphatic heterocycles. The number of carbonyl (C=O) groups is 2. The number of ether oxygens (including phenoxy) is 1. The van der Waals surface area contributed by atoms with Crippen molar-refractivity contribution in [1.82, 2.24) is 10.2 Å². The molecule has 3 rings (SSSR count). The van der Waals surface area contributed by atoms with Crippen LogP contribution in [0.5, 0.6) is 5.75 Å². The number of hydrogen-bond acceptors (Lipinski definition) is 5. The maximum absolute atomic E-state index is 14.0. The smallest absolute Gasteiger partial charge is 0.264 e. The van der Waals surface area contributed by atoms with Crippen LogP contribution in [0.4, 0.5) is 5.69 Å². The molecule has 3 aromatic rings. The second kappa shape index (κ2) is 15.1. The Balaban J connectivity index is 1.95. The highest BCUT2D eigenvalue weighted by atomic mass is 32.2. The third-order valence-corrected chi connectivity index (χ3v) is 8.46. The molecule has 0 fully saturated rings. The van der Waals surface area contributed by atoms with Gasteiger partial charge in [0.1, 0.15) is 18.3 Å². The highest BCUT2D eigenvalue weighted by molar-refractivity contribution is 7.92. The lowest BCUT2D eigenvalue weighted by molar-refractivity contribution is -0.139. The fraction of sp³-hybridized carbons (Fsp3) is 0.355. The summed E-state index contributed by atoms with van der Waals surface area (Å²) in [5.41, 5.74) is 1.38. The third-order valence-electron chi connectivity index (χ3n) is 6.67. The second-order valence-corrected chi connectivity index (χ2v) is 11.3. The van der Waals surface area contributed by atoms with Crippen LogP contribution in [-0.4, -0.2) is 57.9 Å². The Kier molecular flexibility index (Phi) is 11.6. The monoisotopic (exact) mass is 565 g/mol. The number of unbranched alkanes of at least 4 members (excludes halogenated alkanes) is 1. The first-order chi connectivity index (χ1) is 19.3. The van der Waals surface area contributed by atoms with Crippen LogP contribution >= 0.6 is 0 Å². The number of nitrogens with one attached hydrogen (secondary N) is 1. The number of rotatable bonds is 15. The number of methoxy groups -OCH3 is 1. The molecular weight excluding hydrogens is 526 g/mol. The van der Waals surface area contributed by atoms with Crippen molar-refractivity contribution >= 4 is 27.5 Å². The molecule has 0 aromatic heterocycles. The predicted octanol–water partition coefficient (Wildman–Crippen LogP) is 4.66. The summed E-state index contributed by atoms with van der Waals surface area (Å²) in [6.45, 7) is 4.24. The van der Waals surface area contributed by atoms with Gasteiger partial charge in [0, 0.05) is 13.1 Å². The lowest BCUT2D eigenvalue weighted by Gasteiger charge is -2.33. The van der Waals surface area contributed by atoms with Gasteiger partial charge >= 0.3 is 0 Å². The van der Waals surface area contributed by atoms with E-state index in [4.69, 9.17) is 4.74 Å². The summed E-state index contributed by atoms with van der Waals surface area (Å²) in [5, 5.41) is 2.94. The van der Waals surface area contributed by atoms with Crippen molar-refractivity contribution in [3.63, 3.8) is 0 Å². The van der Waals surface area contributed by atoms with Gasteiger partial charge in [-0.1, -0.05) is 68.8 Å². The van der Waals surface area contributed by atoms with Gasteiger partial charge in [0.25, 0.3) is 10.0 Å². The zero-order valence-electron chi connectivity index (χ0n) is 23.5. The molecule has 0 radical (unpaired) electrons. The first kappa shape index (κ1) is 30.7. The summed E-state index contributed by atoms with van der Waals surface area (Å²) in [5.74, 6) is -0.163. The Bertz CT molecular complexity index is 1320. The maximum Gasteiger partial charge on any atom is 0.264 e. The highest BCUT2D eigenvalue weighted by Crippen LogP contribution is 2.25. The number of anilines is 1. The molecule has 0 spiro atoms. The van der Waals surface area contributed by atoms with Crippen LogP contribution in [0.2, 0.25) is 0 Å². The van der Waals surface area contributed by atoms with Crippen LogP contribution in [0.1, 0.15) is 38.7 Å². The van der Waals surface area contributed by atoms with Gasteiger partial charge in [0.15, 0.2) is 0 Å². The van der Waals surface area contributed by atoms with Gasteiger partial charge in [-0.25, -0.2) is 8.42 Å². The minimum absolute atomic E-state index is 0.0325. The van der Waals surface area contributed by atoms with Gasteiger partial charge in [0.05, 0.1) is 17.7 Å². The summed E-state index contributed by atoms with van der Waals surface area (Å²) >= 11 is 0. The topological polar surface area (TPSA) is 96.0 Å². The summed E-state index contributed by atoms with van der Waals surface area (Å²) in [4.78, 5) is 28.7. The molecule has 0 saturated heterocycles. The second-order valence-electron chi connectivity index (χ2n) is 9.41. The van der Waals surface area contributed by atoms with Gasteiger partial charge in [0.2, 0.25) is 11.8 Å². The molecule has 9 heteroatoms. The Morgan fingerprint density at radius 2 is 1.52 bits per heavy atom. The van der Waals surface area contributed by atoms with Gasteiger partial charge < -0.3 is 15.0 Å². The largest absolute Gasteiger partial charge is 0.497 e. The van der Waals surface area contributed by atoms with E-state index in [1.54, 1.807) is 42.5 Å². The fourth-order valence-corrected chi connectivity index (χ4v) is 5.81. The minimum Gasteiger partial charge on any atom is -0.497 e. The van der Waals surface area contributed by atoms with Crippen LogP contribution in [0.25, 0.3) is 0 Å². The average molecular weight is 566 g/mol. The number of benzene rings is 3. The zero-order chi connectivity index (χ0) is 29.0. The molecule has 214 valence electrons. The standard InChI is InChI=1S/C31H39N3O5S/c1-4-6-22-32-31(36)29(5-2)33(23-21-25-13-9-7-10-14-25)30(35)24-34(26-15-11-8-12-16-26)40(37,38)28-19-17-27(39-3)18-20-28/h7-20,29H,4-6,21-24H2,1-3H3,(H,32,36)/t29-/m0/s1. The zero-order valence-corrected chi connectivity index (χ0v) is 24.3. The van der Waals surface area contributed by atoms with Crippen LogP contribution in [0.3, 0.4) is 0 Å². The Morgan fingerprint density at radius 3 is 2.10 bits per heavy atom. The van der Waals surface area contributed by atoms with Crippen LogP contribution < -0.4 is 14.4 Å². The molecule has 0 aliphatic rings. The van der Waals surface area contributed by atoms with E-state index < -0.39 is 28.5 Å². The third kappa shape index (κ3) is 8.08. The maximum atomic E-state index is 14.0. The van der Waals surface area contributed by atoms with E-state index in [0.29, 0.717) is 30.8 Å². The molecule has 0 unspecified atom stereocenters. The summed E-state index contributed by atoms with van der Waals surface area (Å²) in [7, 11) is -2.61. The van der Waals surface area contributed by atoms with Crippen molar-refractivity contribution < 1.29 is 22.7 Å². The van der Waals surface area contributed by atoms with Gasteiger partial charge in [-0.2, -0.15) is 0 Å². The SMILES string of the molecule is CCCCNC(=O)[C@H](CC)N(CCc1ccccc1)C(=O)CN(c1ccccc1)S(=O)(=O)c1ccc(OC)cc1. The molecule has 0 aliphatic carbocycles. The van der Waals surface area contributed by atoms with Crippen molar-refractivity contribution in [1.29, 1.82) is 0 Å². The fourth-order valence-electron chi connectivity index (χ4n) is 4.40. The molecule has 2 amide bonds. The van der Waals surface area contributed by atoms with Gasteiger partial charge in [-0.05, 0) is 61.2 Å². The van der Waals surface area contributed by atoms with Crippen molar-refractivity contribution in [2.24, 2.45) is 0 Å². The number of carbonyl (C=O) groups excluding carboxylic acids is 2. The van der Waals surface area contributed by atoms with E-state index in [1.165, 1.54) is 24.1 Å². The Labute approximate surface area is 238 Å². The molecular formula is C31H39N3O5S. The number of nitrogens with zero attached hydrogens (tertiary/aromatic N) is 2. The molecule has 40 heavy (non-hydrogen) atoms. The normalized spacial score (nSPS) is 11.9. The van der Waals surface area contributed by atoms with E-state index in [-0.39, 0.29) is 17.3 Å². The van der Waals surface area contributed by atoms with Gasteiger partial charge in [-0.3, -0.25) is 13.9 Å². The molecule has 1 atom stereocenters. The number of para-hydroxylation sites is 1. The first-order valence-corrected chi connectivity index (χ1v) is 15.1. The first-order valence-electron chi connectivity index (χ1n) is 13.6. The lowest BCUT2D eigenvalue weighted by atomic mass is 10.1. The lowest BCUT2D eigenvalue weighted by Crippen LogP contribution is -2.53. The quantitative estimate of drug-likeness (QED) is 0.271. The van der Waals surface area contributed by atoms with Crippen molar-refractivity contribution in [2.75, 3.05) is 31.0 Å². The highest BCUT2D eigenvalue weighted by Gasteiger charge is 2.33. The summed E-state index contributed by atoms with van der Waals surface area (Å²) < 4.78 is 34.0. The molecule has 8 nitrogen and oxygen atoms in total. The molecule has 0 saturated carbocycles. The summed E-state index contributed by atoms with van der Waals surface area (Å²) in [6, 6.07) is 23.6. The number of hydrogen-bond donors (Lipinski definition) is 1. The number of amides is 2. The Hall–Kier alpha value is -3.85. The average Bonchev–Trinajstić information content (AvgIpc) is 2.98. The molecule has 0 heterocycles. The van der Waals surface area contributed by atoms with E-state index in [1.807, 2.05) is 44.2 Å². The molecule has 1 N–H and O–H groups in total. The van der Waals surface area contributed by atoms with Crippen LogP contribution in [-0.2, 0) is 26.0 Å².